The molecule has 0 N–H and O–H groups in total. The van der Waals surface area contributed by atoms with Gasteiger partial charge in [0.05, 0.1) is 12.0 Å². The van der Waals surface area contributed by atoms with E-state index < -0.39 is 5.97 Å². The Morgan fingerprint density at radius 2 is 1.94 bits per heavy atom. The van der Waals surface area contributed by atoms with E-state index in [1.807, 2.05) is 13.8 Å². The van der Waals surface area contributed by atoms with Gasteiger partial charge >= 0.3 is 5.97 Å². The Balaban J connectivity index is 2.45. The molecule has 0 bridgehead atoms. The van der Waals surface area contributed by atoms with Gasteiger partial charge in [-0.2, -0.15) is 4.99 Å². The number of aryl methyl sites for hydroxylation is 1. The van der Waals surface area contributed by atoms with Crippen LogP contribution >= 0.6 is 0 Å². The summed E-state index contributed by atoms with van der Waals surface area (Å²) in [6.07, 6.45) is 3.46. The van der Waals surface area contributed by atoms with Crippen molar-refractivity contribution in [2.24, 2.45) is 10.9 Å². The number of esters is 1. The minimum absolute atomic E-state index is 0.0656. The zero-order chi connectivity index (χ0) is 24.0. The van der Waals surface area contributed by atoms with E-state index in [0.717, 1.165) is 0 Å². The smallest absolute Gasteiger partial charge is 0.341 e. The normalized spacial score (nSPS) is 12.1. The first kappa shape index (κ1) is 24.3. The molecule has 9 heteroatoms. The second kappa shape index (κ2) is 11.0. The number of nitrogens with zero attached hydrogens (tertiary/aromatic N) is 4. The van der Waals surface area contributed by atoms with Crippen molar-refractivity contribution in [2.45, 2.75) is 46.6 Å². The van der Waals surface area contributed by atoms with E-state index in [-0.39, 0.29) is 40.4 Å². The highest BCUT2D eigenvalue weighted by atomic mass is 16.5. The molecule has 3 heterocycles. The summed E-state index contributed by atoms with van der Waals surface area (Å²) in [4.78, 5) is 48.2. The maximum atomic E-state index is 13.3. The molecule has 33 heavy (non-hydrogen) atoms. The van der Waals surface area contributed by atoms with Crippen LogP contribution in [0.2, 0.25) is 0 Å². The van der Waals surface area contributed by atoms with Crippen molar-refractivity contribution in [3.05, 3.63) is 51.9 Å². The first-order chi connectivity index (χ1) is 16.0. The van der Waals surface area contributed by atoms with Crippen molar-refractivity contribution in [3.63, 3.8) is 0 Å². The van der Waals surface area contributed by atoms with Gasteiger partial charge in [-0.1, -0.05) is 19.9 Å². The van der Waals surface area contributed by atoms with Crippen LogP contribution in [0.1, 0.15) is 50.4 Å². The van der Waals surface area contributed by atoms with E-state index in [2.05, 4.69) is 9.98 Å². The van der Waals surface area contributed by atoms with Crippen molar-refractivity contribution in [3.8, 4) is 0 Å². The van der Waals surface area contributed by atoms with E-state index >= 15 is 0 Å². The Labute approximate surface area is 191 Å². The molecule has 0 unspecified atom stereocenters. The van der Waals surface area contributed by atoms with Crippen LogP contribution in [0.25, 0.3) is 16.7 Å². The third kappa shape index (κ3) is 5.03. The maximum Gasteiger partial charge on any atom is 0.341 e. The van der Waals surface area contributed by atoms with E-state index in [1.54, 1.807) is 43.0 Å². The van der Waals surface area contributed by atoms with E-state index in [9.17, 15) is 14.4 Å². The van der Waals surface area contributed by atoms with Crippen molar-refractivity contribution in [1.29, 1.82) is 0 Å². The standard InChI is InChI=1S/C24H30N4O5/c1-5-16(6-2)22(29)26-21-18(24(31)33-7-3)15-17-20(28(21)13-10-14-32-4)25-19-11-8-9-12-27(19)23(17)30/h8-9,11-12,15-16H,5-7,10,13-14H2,1-4H3. The lowest BCUT2D eigenvalue weighted by molar-refractivity contribution is -0.122. The van der Waals surface area contributed by atoms with Crippen LogP contribution in [0.4, 0.5) is 0 Å². The van der Waals surface area contributed by atoms with Crippen LogP contribution in [0, 0.1) is 5.92 Å². The molecule has 0 aliphatic rings. The number of carbonyl (C=O) groups is 2. The molecule has 0 aromatic carbocycles. The third-order valence-electron chi connectivity index (χ3n) is 5.57. The van der Waals surface area contributed by atoms with Crippen LogP contribution in [-0.2, 0) is 20.8 Å². The van der Waals surface area contributed by atoms with Crippen LogP contribution in [0.15, 0.2) is 40.2 Å². The number of hydrogen-bond acceptors (Lipinski definition) is 6. The zero-order valence-electron chi connectivity index (χ0n) is 19.5. The largest absolute Gasteiger partial charge is 0.462 e. The second-order valence-corrected chi connectivity index (χ2v) is 7.65. The van der Waals surface area contributed by atoms with Gasteiger partial charge in [0.2, 0.25) is 0 Å². The highest BCUT2D eigenvalue weighted by Gasteiger charge is 2.21. The monoisotopic (exact) mass is 454 g/mol. The fraction of sp³-hybridized carbons (Fsp3) is 0.458. The summed E-state index contributed by atoms with van der Waals surface area (Å²) in [6, 6.07) is 6.69. The summed E-state index contributed by atoms with van der Waals surface area (Å²) in [5.41, 5.74) is 0.708. The van der Waals surface area contributed by atoms with Crippen molar-refractivity contribution >= 4 is 28.6 Å². The molecule has 0 spiro atoms. The van der Waals surface area contributed by atoms with E-state index in [1.165, 1.54) is 10.5 Å². The summed E-state index contributed by atoms with van der Waals surface area (Å²) < 4.78 is 13.5. The van der Waals surface area contributed by atoms with Crippen LogP contribution in [0.3, 0.4) is 0 Å². The maximum absolute atomic E-state index is 13.3. The molecule has 0 saturated carbocycles. The lowest BCUT2D eigenvalue weighted by Crippen LogP contribution is -2.33. The molecule has 9 nitrogen and oxygen atoms in total. The average Bonchev–Trinajstić information content (AvgIpc) is 2.81. The first-order valence-corrected chi connectivity index (χ1v) is 11.3. The second-order valence-electron chi connectivity index (χ2n) is 7.65. The predicted octanol–water partition coefficient (Wildman–Crippen LogP) is 2.73. The number of amides is 1. The van der Waals surface area contributed by atoms with Crippen LogP contribution < -0.4 is 11.0 Å². The lowest BCUT2D eigenvalue weighted by atomic mass is 10.0. The summed E-state index contributed by atoms with van der Waals surface area (Å²) in [6.45, 7) is 6.49. The minimum atomic E-state index is -0.645. The summed E-state index contributed by atoms with van der Waals surface area (Å²) in [5, 5.41) is 0.244. The first-order valence-electron chi connectivity index (χ1n) is 11.3. The van der Waals surface area contributed by atoms with Crippen molar-refractivity contribution in [2.75, 3.05) is 20.3 Å². The van der Waals surface area contributed by atoms with Crippen LogP contribution in [-0.4, -0.2) is 46.2 Å². The molecule has 0 saturated heterocycles. The number of ether oxygens (including phenoxy) is 2. The number of rotatable bonds is 9. The Kier molecular flexibility index (Phi) is 8.11. The number of pyridine rings is 2. The van der Waals surface area contributed by atoms with Gasteiger partial charge in [0.1, 0.15) is 16.9 Å². The molecule has 0 fully saturated rings. The zero-order valence-corrected chi connectivity index (χ0v) is 19.5. The molecule has 1 amide bonds. The topological polar surface area (TPSA) is 104 Å². The Bertz CT molecular complexity index is 1290. The van der Waals surface area contributed by atoms with Gasteiger partial charge in [-0.3, -0.25) is 14.0 Å². The predicted molar refractivity (Wildman–Crippen MR) is 124 cm³/mol. The molecule has 0 atom stereocenters. The molecule has 176 valence electrons. The van der Waals surface area contributed by atoms with E-state index in [0.29, 0.717) is 43.7 Å². The molecule has 3 rings (SSSR count). The van der Waals surface area contributed by atoms with Gasteiger partial charge in [0.25, 0.3) is 11.5 Å². The third-order valence-corrected chi connectivity index (χ3v) is 5.57. The summed E-state index contributed by atoms with van der Waals surface area (Å²) >= 11 is 0. The van der Waals surface area contributed by atoms with Crippen LogP contribution in [0.5, 0.6) is 0 Å². The van der Waals surface area contributed by atoms with Gasteiger partial charge in [-0.05, 0) is 44.4 Å². The Morgan fingerprint density at radius 1 is 1.18 bits per heavy atom. The quantitative estimate of drug-likeness (QED) is 0.280. The number of hydrogen-bond donors (Lipinski definition) is 0. The number of methoxy groups -OCH3 is 1. The molecule has 0 aliphatic carbocycles. The number of carbonyl (C=O) groups excluding carboxylic acids is 2. The summed E-state index contributed by atoms with van der Waals surface area (Å²) in [5.74, 6) is -1.23. The van der Waals surface area contributed by atoms with E-state index in [4.69, 9.17) is 9.47 Å². The molecule has 0 radical (unpaired) electrons. The van der Waals surface area contributed by atoms with Gasteiger partial charge in [-0.15, -0.1) is 0 Å². The van der Waals surface area contributed by atoms with Gasteiger partial charge < -0.3 is 14.0 Å². The highest BCUT2D eigenvalue weighted by Crippen LogP contribution is 2.14. The highest BCUT2D eigenvalue weighted by molar-refractivity contribution is 5.93. The fourth-order valence-corrected chi connectivity index (χ4v) is 3.77. The fourth-order valence-electron chi connectivity index (χ4n) is 3.77. The number of aromatic nitrogens is 3. The Hall–Kier alpha value is -3.33. The van der Waals surface area contributed by atoms with Crippen molar-refractivity contribution in [1.82, 2.24) is 14.0 Å². The lowest BCUT2D eigenvalue weighted by Gasteiger charge is -2.15. The van der Waals surface area contributed by atoms with Gasteiger partial charge in [-0.25, -0.2) is 9.78 Å². The van der Waals surface area contributed by atoms with Gasteiger partial charge in [0.15, 0.2) is 5.49 Å². The molecule has 3 aromatic heterocycles. The average molecular weight is 455 g/mol. The summed E-state index contributed by atoms with van der Waals surface area (Å²) in [7, 11) is 1.60. The minimum Gasteiger partial charge on any atom is -0.462 e. The molecular formula is C24H30N4O5. The number of fused-ring (bicyclic) bond motifs is 2. The van der Waals surface area contributed by atoms with Crippen molar-refractivity contribution < 1.29 is 19.1 Å². The molecule has 3 aromatic rings. The Morgan fingerprint density at radius 3 is 2.61 bits per heavy atom. The molecule has 0 aliphatic heterocycles. The molecular weight excluding hydrogens is 424 g/mol. The van der Waals surface area contributed by atoms with Gasteiger partial charge in [0, 0.05) is 32.4 Å². The SMILES string of the molecule is CCOC(=O)c1cc2c(=O)n3ccccc3nc2n(CCCOC)c1=NC(=O)C(CC)CC.